The third kappa shape index (κ3) is 3.76. The van der Waals surface area contributed by atoms with E-state index in [-0.39, 0.29) is 11.6 Å². The van der Waals surface area contributed by atoms with Gasteiger partial charge in [0, 0.05) is 23.5 Å². The molecule has 1 saturated heterocycles. The number of aliphatic hydroxyl groups is 1. The molecule has 0 saturated carbocycles. The summed E-state index contributed by atoms with van der Waals surface area (Å²) in [6.07, 6.45) is 1.34. The monoisotopic (exact) mass is 390 g/mol. The van der Waals surface area contributed by atoms with Crippen molar-refractivity contribution in [1.82, 2.24) is 4.98 Å². The molecule has 1 aromatic heterocycles. The standard InChI is InChI=1S/C18H19BrN2O3/c19-14-8-6-12(7-9-14)17(22)13-3-2-10-21(11-13)16-5-1-4-15(20-16)18(23)24/h1,4-9,13,17,22H,2-3,10-11H2,(H,23,24). The van der Waals surface area contributed by atoms with Crippen LogP contribution in [0, 0.1) is 5.92 Å². The summed E-state index contributed by atoms with van der Waals surface area (Å²) in [6.45, 7) is 1.48. The summed E-state index contributed by atoms with van der Waals surface area (Å²) in [5.41, 5.74) is 0.945. The fourth-order valence-electron chi connectivity index (χ4n) is 3.13. The maximum Gasteiger partial charge on any atom is 0.354 e. The Balaban J connectivity index is 1.75. The second-order valence-corrected chi connectivity index (χ2v) is 6.95. The second kappa shape index (κ2) is 7.32. The van der Waals surface area contributed by atoms with Gasteiger partial charge in [0.05, 0.1) is 6.10 Å². The first kappa shape index (κ1) is 16.9. The molecule has 0 spiro atoms. The quantitative estimate of drug-likeness (QED) is 0.835. The topological polar surface area (TPSA) is 73.7 Å². The molecule has 2 N–H and O–H groups in total. The molecule has 1 aromatic carbocycles. The van der Waals surface area contributed by atoms with Crippen LogP contribution in [0.2, 0.25) is 0 Å². The van der Waals surface area contributed by atoms with E-state index in [9.17, 15) is 9.90 Å². The number of carboxylic acids is 1. The van der Waals surface area contributed by atoms with Crippen LogP contribution < -0.4 is 4.90 Å². The molecule has 1 aliphatic heterocycles. The number of hydrogen-bond donors (Lipinski definition) is 2. The molecule has 0 aliphatic carbocycles. The van der Waals surface area contributed by atoms with Crippen molar-refractivity contribution in [3.05, 3.63) is 58.2 Å². The third-order valence-corrected chi connectivity index (χ3v) is 4.92. The Bertz CT molecular complexity index is 720. The number of carbonyl (C=O) groups is 1. The Kier molecular flexibility index (Phi) is 5.16. The largest absolute Gasteiger partial charge is 0.477 e. The highest BCUT2D eigenvalue weighted by Crippen LogP contribution is 2.32. The van der Waals surface area contributed by atoms with E-state index in [1.54, 1.807) is 6.07 Å². The van der Waals surface area contributed by atoms with Crippen molar-refractivity contribution < 1.29 is 15.0 Å². The SMILES string of the molecule is O=C(O)c1cccc(N2CCCC(C(O)c3ccc(Br)cc3)C2)n1. The van der Waals surface area contributed by atoms with Crippen LogP contribution in [0.3, 0.4) is 0 Å². The van der Waals surface area contributed by atoms with Crippen molar-refractivity contribution in [3.63, 3.8) is 0 Å². The van der Waals surface area contributed by atoms with Gasteiger partial charge in [-0.3, -0.25) is 0 Å². The molecule has 24 heavy (non-hydrogen) atoms. The molecule has 126 valence electrons. The molecule has 0 radical (unpaired) electrons. The maximum atomic E-state index is 11.1. The van der Waals surface area contributed by atoms with Gasteiger partial charge in [-0.25, -0.2) is 9.78 Å². The van der Waals surface area contributed by atoms with Crippen molar-refractivity contribution in [3.8, 4) is 0 Å². The normalized spacial score (nSPS) is 19.1. The van der Waals surface area contributed by atoms with Crippen molar-refractivity contribution in [2.45, 2.75) is 18.9 Å². The van der Waals surface area contributed by atoms with Gasteiger partial charge in [-0.2, -0.15) is 0 Å². The molecule has 0 amide bonds. The van der Waals surface area contributed by atoms with Crippen molar-refractivity contribution in [2.24, 2.45) is 5.92 Å². The molecule has 5 nitrogen and oxygen atoms in total. The molecule has 1 fully saturated rings. The number of benzene rings is 1. The smallest absolute Gasteiger partial charge is 0.354 e. The zero-order valence-corrected chi connectivity index (χ0v) is 14.7. The van der Waals surface area contributed by atoms with Gasteiger partial charge in [0.2, 0.25) is 0 Å². The molecule has 1 aliphatic rings. The summed E-state index contributed by atoms with van der Waals surface area (Å²) in [5, 5.41) is 19.8. The number of piperidine rings is 1. The number of anilines is 1. The average molecular weight is 391 g/mol. The van der Waals surface area contributed by atoms with E-state index in [1.165, 1.54) is 6.07 Å². The number of hydrogen-bond acceptors (Lipinski definition) is 4. The highest BCUT2D eigenvalue weighted by Gasteiger charge is 2.28. The van der Waals surface area contributed by atoms with E-state index < -0.39 is 12.1 Å². The number of rotatable bonds is 4. The molecular weight excluding hydrogens is 372 g/mol. The van der Waals surface area contributed by atoms with Gasteiger partial charge in [0.25, 0.3) is 0 Å². The Morgan fingerprint density at radius 2 is 2.00 bits per heavy atom. The van der Waals surface area contributed by atoms with Crippen LogP contribution >= 0.6 is 15.9 Å². The summed E-state index contributed by atoms with van der Waals surface area (Å²) in [7, 11) is 0. The number of carboxylic acid groups (broad SMARTS) is 1. The molecule has 2 atom stereocenters. The Morgan fingerprint density at radius 3 is 2.71 bits per heavy atom. The zero-order chi connectivity index (χ0) is 17.1. The molecular formula is C18H19BrN2O3. The lowest BCUT2D eigenvalue weighted by Gasteiger charge is -2.36. The van der Waals surface area contributed by atoms with Crippen LogP contribution in [0.5, 0.6) is 0 Å². The number of aromatic carboxylic acids is 1. The first-order valence-electron chi connectivity index (χ1n) is 7.93. The van der Waals surface area contributed by atoms with Crippen LogP contribution in [0.15, 0.2) is 46.9 Å². The van der Waals surface area contributed by atoms with E-state index in [1.807, 2.05) is 30.3 Å². The van der Waals surface area contributed by atoms with Crippen LogP contribution in [0.25, 0.3) is 0 Å². The predicted octanol–water partition coefficient (Wildman–Crippen LogP) is 3.49. The Labute approximate surface area is 149 Å². The number of aliphatic hydroxyl groups excluding tert-OH is 1. The van der Waals surface area contributed by atoms with Gasteiger partial charge in [0.1, 0.15) is 5.82 Å². The first-order valence-corrected chi connectivity index (χ1v) is 8.73. The molecule has 3 rings (SSSR count). The van der Waals surface area contributed by atoms with E-state index in [0.29, 0.717) is 12.4 Å². The number of halogens is 1. The lowest BCUT2D eigenvalue weighted by molar-refractivity contribution is 0.0690. The summed E-state index contributed by atoms with van der Waals surface area (Å²) in [4.78, 5) is 17.4. The van der Waals surface area contributed by atoms with E-state index in [4.69, 9.17) is 5.11 Å². The first-order chi connectivity index (χ1) is 11.5. The van der Waals surface area contributed by atoms with Gasteiger partial charge in [-0.15, -0.1) is 0 Å². The van der Waals surface area contributed by atoms with Gasteiger partial charge >= 0.3 is 5.97 Å². The molecule has 2 heterocycles. The van der Waals surface area contributed by atoms with Crippen LogP contribution in [0.4, 0.5) is 5.82 Å². The minimum Gasteiger partial charge on any atom is -0.477 e. The summed E-state index contributed by atoms with van der Waals surface area (Å²) < 4.78 is 0.985. The summed E-state index contributed by atoms with van der Waals surface area (Å²) in [6, 6.07) is 12.7. The Morgan fingerprint density at radius 1 is 1.25 bits per heavy atom. The minimum atomic E-state index is -1.03. The van der Waals surface area contributed by atoms with E-state index in [0.717, 1.165) is 29.4 Å². The van der Waals surface area contributed by atoms with Gasteiger partial charge in [0.15, 0.2) is 5.69 Å². The third-order valence-electron chi connectivity index (χ3n) is 4.39. The van der Waals surface area contributed by atoms with Crippen molar-refractivity contribution >= 4 is 27.7 Å². The fourth-order valence-corrected chi connectivity index (χ4v) is 3.39. The molecule has 2 aromatic rings. The highest BCUT2D eigenvalue weighted by molar-refractivity contribution is 9.10. The van der Waals surface area contributed by atoms with Gasteiger partial charge in [-0.05, 0) is 42.7 Å². The van der Waals surface area contributed by atoms with Crippen molar-refractivity contribution in [1.29, 1.82) is 0 Å². The summed E-state index contributed by atoms with van der Waals surface area (Å²) >= 11 is 3.40. The van der Waals surface area contributed by atoms with Gasteiger partial charge in [-0.1, -0.05) is 34.1 Å². The molecule has 6 heteroatoms. The number of aromatic nitrogens is 1. The molecule has 0 bridgehead atoms. The predicted molar refractivity (Wildman–Crippen MR) is 95.2 cm³/mol. The highest BCUT2D eigenvalue weighted by atomic mass is 79.9. The zero-order valence-electron chi connectivity index (χ0n) is 13.1. The number of pyridine rings is 1. The maximum absolute atomic E-state index is 11.1. The van der Waals surface area contributed by atoms with E-state index in [2.05, 4.69) is 25.8 Å². The number of nitrogens with zero attached hydrogens (tertiary/aromatic N) is 2. The van der Waals surface area contributed by atoms with Crippen LogP contribution in [-0.2, 0) is 0 Å². The summed E-state index contributed by atoms with van der Waals surface area (Å²) in [5.74, 6) is -0.280. The Hall–Kier alpha value is -1.92. The second-order valence-electron chi connectivity index (χ2n) is 6.03. The van der Waals surface area contributed by atoms with Crippen LogP contribution in [-0.4, -0.2) is 34.3 Å². The average Bonchev–Trinajstić information content (AvgIpc) is 2.62. The minimum absolute atomic E-state index is 0.0445. The van der Waals surface area contributed by atoms with Crippen molar-refractivity contribution in [2.75, 3.05) is 18.0 Å². The van der Waals surface area contributed by atoms with Crippen LogP contribution in [0.1, 0.15) is 35.0 Å². The van der Waals surface area contributed by atoms with E-state index >= 15 is 0 Å². The fraction of sp³-hybridized carbons (Fsp3) is 0.333. The molecule has 2 unspecified atom stereocenters. The lowest BCUT2D eigenvalue weighted by Crippen LogP contribution is -2.38. The van der Waals surface area contributed by atoms with Gasteiger partial charge < -0.3 is 15.1 Å². The lowest BCUT2D eigenvalue weighted by atomic mass is 9.88.